The fraction of sp³-hybridized carbons (Fsp3) is 0.100. The maximum Gasteiger partial charge on any atom is 0.337 e. The predicted octanol–water partition coefficient (Wildman–Crippen LogP) is 2.29. The number of esters is 1. The van der Waals surface area contributed by atoms with Gasteiger partial charge in [0.1, 0.15) is 0 Å². The number of benzene rings is 2. The number of hydrogen-bond acceptors (Lipinski definition) is 6. The van der Waals surface area contributed by atoms with E-state index < -0.39 is 23.2 Å². The van der Waals surface area contributed by atoms with Gasteiger partial charge in [-0.1, -0.05) is 12.1 Å². The van der Waals surface area contributed by atoms with Gasteiger partial charge < -0.3 is 15.2 Å². The van der Waals surface area contributed by atoms with Gasteiger partial charge >= 0.3 is 5.97 Å². The molecule has 0 radical (unpaired) electrons. The SMILES string of the molecule is COC(=O)c1ccc(NC(=O)c2nn(-c3cccc(C)c3)c(=O)cc2O)cc1. The van der Waals surface area contributed by atoms with Gasteiger partial charge in [0, 0.05) is 11.8 Å². The molecule has 8 heteroatoms. The zero-order chi connectivity index (χ0) is 20.3. The molecule has 1 aromatic heterocycles. The first-order valence-corrected chi connectivity index (χ1v) is 8.29. The van der Waals surface area contributed by atoms with E-state index in [-0.39, 0.29) is 5.69 Å². The Morgan fingerprint density at radius 2 is 1.82 bits per heavy atom. The first-order chi connectivity index (χ1) is 13.4. The maximum atomic E-state index is 12.5. The van der Waals surface area contributed by atoms with E-state index in [2.05, 4.69) is 15.2 Å². The topological polar surface area (TPSA) is 111 Å². The molecule has 3 rings (SSSR count). The lowest BCUT2D eigenvalue weighted by Gasteiger charge is -2.10. The molecule has 8 nitrogen and oxygen atoms in total. The molecule has 0 saturated heterocycles. The van der Waals surface area contributed by atoms with Gasteiger partial charge in [-0.15, -0.1) is 0 Å². The molecule has 0 unspecified atom stereocenters. The Kier molecular flexibility index (Phi) is 5.21. The number of amides is 1. The van der Waals surface area contributed by atoms with Gasteiger partial charge in [0.2, 0.25) is 0 Å². The lowest BCUT2D eigenvalue weighted by atomic mass is 10.2. The van der Waals surface area contributed by atoms with Crippen molar-refractivity contribution in [3.63, 3.8) is 0 Å². The highest BCUT2D eigenvalue weighted by Crippen LogP contribution is 2.17. The number of anilines is 1. The van der Waals surface area contributed by atoms with Crippen LogP contribution in [0.1, 0.15) is 26.4 Å². The van der Waals surface area contributed by atoms with E-state index in [1.54, 1.807) is 18.2 Å². The number of rotatable bonds is 4. The molecule has 0 aliphatic rings. The van der Waals surface area contributed by atoms with Crippen LogP contribution in [0.2, 0.25) is 0 Å². The van der Waals surface area contributed by atoms with Crippen LogP contribution in [-0.4, -0.2) is 33.9 Å². The van der Waals surface area contributed by atoms with Gasteiger partial charge in [0.05, 0.1) is 18.4 Å². The van der Waals surface area contributed by atoms with Crippen molar-refractivity contribution >= 4 is 17.6 Å². The Labute approximate surface area is 160 Å². The molecule has 2 N–H and O–H groups in total. The van der Waals surface area contributed by atoms with Gasteiger partial charge in [-0.3, -0.25) is 9.59 Å². The largest absolute Gasteiger partial charge is 0.505 e. The number of nitrogens with one attached hydrogen (secondary N) is 1. The summed E-state index contributed by atoms with van der Waals surface area (Å²) < 4.78 is 5.66. The molecule has 0 fully saturated rings. The second kappa shape index (κ2) is 7.75. The van der Waals surface area contributed by atoms with E-state index in [0.29, 0.717) is 16.9 Å². The van der Waals surface area contributed by atoms with Crippen LogP contribution in [0.3, 0.4) is 0 Å². The van der Waals surface area contributed by atoms with Crippen LogP contribution in [0.4, 0.5) is 5.69 Å². The minimum absolute atomic E-state index is 0.307. The Morgan fingerprint density at radius 1 is 1.11 bits per heavy atom. The first-order valence-electron chi connectivity index (χ1n) is 8.29. The Morgan fingerprint density at radius 3 is 2.46 bits per heavy atom. The molecule has 28 heavy (non-hydrogen) atoms. The van der Waals surface area contributed by atoms with E-state index >= 15 is 0 Å². The molecule has 142 valence electrons. The lowest BCUT2D eigenvalue weighted by molar-refractivity contribution is 0.0600. The van der Waals surface area contributed by atoms with Gasteiger partial charge in [-0.05, 0) is 48.9 Å². The van der Waals surface area contributed by atoms with Crippen molar-refractivity contribution in [3.8, 4) is 11.4 Å². The van der Waals surface area contributed by atoms with Crippen LogP contribution in [-0.2, 0) is 4.74 Å². The average Bonchev–Trinajstić information content (AvgIpc) is 2.68. The molecule has 0 spiro atoms. The number of carbonyl (C=O) groups excluding carboxylic acids is 2. The number of hydrogen-bond donors (Lipinski definition) is 2. The summed E-state index contributed by atoms with van der Waals surface area (Å²) in [4.78, 5) is 36.2. The molecule has 0 bridgehead atoms. The van der Waals surface area contributed by atoms with E-state index in [0.717, 1.165) is 16.3 Å². The van der Waals surface area contributed by atoms with Crippen LogP contribution in [0.25, 0.3) is 5.69 Å². The zero-order valence-electron chi connectivity index (χ0n) is 15.2. The summed E-state index contributed by atoms with van der Waals surface area (Å²) in [5, 5.41) is 16.6. The maximum absolute atomic E-state index is 12.5. The highest BCUT2D eigenvalue weighted by Gasteiger charge is 2.17. The van der Waals surface area contributed by atoms with Crippen molar-refractivity contribution in [2.45, 2.75) is 6.92 Å². The minimum Gasteiger partial charge on any atom is -0.505 e. The number of nitrogens with zero attached hydrogens (tertiary/aromatic N) is 2. The number of aryl methyl sites for hydroxylation is 1. The molecule has 2 aromatic carbocycles. The third-order valence-electron chi connectivity index (χ3n) is 3.94. The van der Waals surface area contributed by atoms with Crippen molar-refractivity contribution < 1.29 is 19.4 Å². The lowest BCUT2D eigenvalue weighted by Crippen LogP contribution is -2.25. The fourth-order valence-corrected chi connectivity index (χ4v) is 2.55. The van der Waals surface area contributed by atoms with Gasteiger partial charge in [0.15, 0.2) is 11.4 Å². The summed E-state index contributed by atoms with van der Waals surface area (Å²) in [5.74, 6) is -1.73. The second-order valence-corrected chi connectivity index (χ2v) is 5.99. The number of methoxy groups -OCH3 is 1. The Hall–Kier alpha value is -3.94. The van der Waals surface area contributed by atoms with Crippen LogP contribution >= 0.6 is 0 Å². The number of carbonyl (C=O) groups is 2. The normalized spacial score (nSPS) is 10.4. The van der Waals surface area contributed by atoms with E-state index in [9.17, 15) is 19.5 Å². The molecular formula is C20H17N3O5. The number of ether oxygens (including phenoxy) is 1. The summed E-state index contributed by atoms with van der Waals surface area (Å²) >= 11 is 0. The summed E-state index contributed by atoms with van der Waals surface area (Å²) in [5.41, 5.74) is 1.22. The smallest absolute Gasteiger partial charge is 0.337 e. The summed E-state index contributed by atoms with van der Waals surface area (Å²) in [6.07, 6.45) is 0. The molecule has 0 aliphatic carbocycles. The summed E-state index contributed by atoms with van der Waals surface area (Å²) in [7, 11) is 1.27. The van der Waals surface area contributed by atoms with Crippen LogP contribution in [0, 0.1) is 6.92 Å². The van der Waals surface area contributed by atoms with Gasteiger partial charge in [-0.25, -0.2) is 4.79 Å². The molecule has 1 heterocycles. The van der Waals surface area contributed by atoms with Crippen molar-refractivity contribution in [1.82, 2.24) is 9.78 Å². The van der Waals surface area contributed by atoms with E-state index in [1.807, 2.05) is 13.0 Å². The second-order valence-electron chi connectivity index (χ2n) is 5.99. The van der Waals surface area contributed by atoms with E-state index in [4.69, 9.17) is 0 Å². The molecule has 0 atom stereocenters. The molecule has 0 saturated carbocycles. The van der Waals surface area contributed by atoms with E-state index in [1.165, 1.54) is 31.4 Å². The van der Waals surface area contributed by atoms with Gasteiger partial charge in [0.25, 0.3) is 11.5 Å². The molecule has 0 aliphatic heterocycles. The standard InChI is InChI=1S/C20H17N3O5/c1-12-4-3-5-15(10-12)23-17(25)11-16(24)18(22-23)19(26)21-14-8-6-13(7-9-14)20(27)28-2/h3-11,24H,1-2H3,(H,21,26). The highest BCUT2D eigenvalue weighted by atomic mass is 16.5. The Bertz CT molecular complexity index is 1100. The monoisotopic (exact) mass is 379 g/mol. The number of aromatic hydroxyl groups is 1. The van der Waals surface area contributed by atoms with Crippen LogP contribution in [0.5, 0.6) is 5.75 Å². The first kappa shape index (κ1) is 18.8. The zero-order valence-corrected chi connectivity index (χ0v) is 15.2. The fourth-order valence-electron chi connectivity index (χ4n) is 2.55. The highest BCUT2D eigenvalue weighted by molar-refractivity contribution is 6.04. The van der Waals surface area contributed by atoms with Crippen molar-refractivity contribution in [3.05, 3.63) is 81.8 Å². The predicted molar refractivity (Wildman–Crippen MR) is 102 cm³/mol. The average molecular weight is 379 g/mol. The third-order valence-corrected chi connectivity index (χ3v) is 3.94. The summed E-state index contributed by atoms with van der Waals surface area (Å²) in [6.45, 7) is 1.86. The van der Waals surface area contributed by atoms with Crippen LogP contribution in [0.15, 0.2) is 59.4 Å². The third kappa shape index (κ3) is 3.90. The molecular weight excluding hydrogens is 362 g/mol. The van der Waals surface area contributed by atoms with Crippen molar-refractivity contribution in [2.24, 2.45) is 0 Å². The van der Waals surface area contributed by atoms with Gasteiger partial charge in [-0.2, -0.15) is 9.78 Å². The summed E-state index contributed by atoms with van der Waals surface area (Å²) in [6, 6.07) is 14.0. The van der Waals surface area contributed by atoms with Crippen molar-refractivity contribution in [1.29, 1.82) is 0 Å². The Balaban J connectivity index is 1.90. The minimum atomic E-state index is -0.704. The number of aromatic nitrogens is 2. The molecule has 1 amide bonds. The quantitative estimate of drug-likeness (QED) is 0.673. The van der Waals surface area contributed by atoms with Crippen LogP contribution < -0.4 is 10.9 Å². The van der Waals surface area contributed by atoms with Crippen molar-refractivity contribution in [2.75, 3.05) is 12.4 Å². The molecule has 3 aromatic rings.